The third-order valence-electron chi connectivity index (χ3n) is 0.527. The van der Waals surface area contributed by atoms with E-state index in [4.69, 9.17) is 5.11 Å². The van der Waals surface area contributed by atoms with Crippen LogP contribution >= 0.6 is 0 Å². The van der Waals surface area contributed by atoms with E-state index in [1.165, 1.54) is 0 Å². The molecule has 0 aromatic rings. The lowest BCUT2D eigenvalue weighted by Gasteiger charge is -1.86. The first-order chi connectivity index (χ1) is 3.77. The molecule has 46 valence electrons. The fraction of sp³-hybridized carbons (Fsp3) is 0.667. The molecule has 0 aliphatic rings. The zero-order valence-corrected chi connectivity index (χ0v) is 5.14. The van der Waals surface area contributed by atoms with Crippen LogP contribution in [0.25, 0.3) is 0 Å². The average Bonchev–Trinajstić information content (AvgIpc) is 1.66. The van der Waals surface area contributed by atoms with Gasteiger partial charge in [0.15, 0.2) is 0 Å². The maximum atomic E-state index is 8.55. The van der Waals surface area contributed by atoms with Crippen LogP contribution in [0.1, 0.15) is 6.92 Å². The fourth-order valence-electron chi connectivity index (χ4n) is 0.262. The third-order valence-corrected chi connectivity index (χ3v) is 0.527. The van der Waals surface area contributed by atoms with E-state index in [1.807, 2.05) is 0 Å². The first-order valence-electron chi connectivity index (χ1n) is 2.42. The average molecular weight is 114 g/mol. The standard InChI is InChI=1S/C6H10O2/c1-6(7)4-3-5-8-2/h6-7H,5H2,1-2H3. The number of ether oxygens (including phenoxy) is 1. The Morgan fingerprint density at radius 2 is 2.38 bits per heavy atom. The summed E-state index contributed by atoms with van der Waals surface area (Å²) in [7, 11) is 1.57. The van der Waals surface area contributed by atoms with Crippen molar-refractivity contribution in [3.8, 4) is 11.8 Å². The van der Waals surface area contributed by atoms with Gasteiger partial charge in [0.25, 0.3) is 0 Å². The van der Waals surface area contributed by atoms with Gasteiger partial charge < -0.3 is 9.84 Å². The van der Waals surface area contributed by atoms with E-state index in [0.29, 0.717) is 6.61 Å². The summed E-state index contributed by atoms with van der Waals surface area (Å²) in [5, 5.41) is 8.55. The molecular weight excluding hydrogens is 104 g/mol. The lowest BCUT2D eigenvalue weighted by molar-refractivity contribution is 0.236. The highest BCUT2D eigenvalue weighted by molar-refractivity contribution is 5.02. The fourth-order valence-corrected chi connectivity index (χ4v) is 0.262. The van der Waals surface area contributed by atoms with E-state index >= 15 is 0 Å². The highest BCUT2D eigenvalue weighted by Gasteiger charge is 1.79. The Labute approximate surface area is 49.5 Å². The molecule has 0 aromatic carbocycles. The summed E-state index contributed by atoms with van der Waals surface area (Å²) in [6, 6.07) is 0. The molecule has 1 N–H and O–H groups in total. The summed E-state index contributed by atoms with van der Waals surface area (Å²) < 4.78 is 4.61. The summed E-state index contributed by atoms with van der Waals surface area (Å²) in [5.74, 6) is 5.14. The number of methoxy groups -OCH3 is 1. The number of hydrogen-bond acceptors (Lipinski definition) is 2. The van der Waals surface area contributed by atoms with Crippen LogP contribution in [0.15, 0.2) is 0 Å². The van der Waals surface area contributed by atoms with E-state index in [2.05, 4.69) is 16.6 Å². The molecule has 2 heteroatoms. The van der Waals surface area contributed by atoms with Crippen molar-refractivity contribution < 1.29 is 9.84 Å². The van der Waals surface area contributed by atoms with Gasteiger partial charge in [0.1, 0.15) is 12.7 Å². The van der Waals surface area contributed by atoms with Crippen molar-refractivity contribution in [2.75, 3.05) is 13.7 Å². The quantitative estimate of drug-likeness (QED) is 0.487. The summed E-state index contributed by atoms with van der Waals surface area (Å²) >= 11 is 0. The molecule has 1 unspecified atom stereocenters. The van der Waals surface area contributed by atoms with Gasteiger partial charge in [-0.25, -0.2) is 0 Å². The van der Waals surface area contributed by atoms with Gasteiger partial charge in [-0.3, -0.25) is 0 Å². The van der Waals surface area contributed by atoms with Gasteiger partial charge in [0.2, 0.25) is 0 Å². The molecule has 0 fully saturated rings. The van der Waals surface area contributed by atoms with E-state index in [1.54, 1.807) is 14.0 Å². The number of aliphatic hydroxyl groups excluding tert-OH is 1. The predicted octanol–water partition coefficient (Wildman–Crippen LogP) is 0.0170. The zero-order chi connectivity index (χ0) is 6.41. The molecule has 0 rings (SSSR count). The van der Waals surface area contributed by atoms with Crippen LogP contribution in [0.2, 0.25) is 0 Å². The van der Waals surface area contributed by atoms with Gasteiger partial charge in [-0.1, -0.05) is 11.8 Å². The Hall–Kier alpha value is -0.520. The Morgan fingerprint density at radius 1 is 1.75 bits per heavy atom. The summed E-state index contributed by atoms with van der Waals surface area (Å²) in [4.78, 5) is 0. The third kappa shape index (κ3) is 5.48. The zero-order valence-electron chi connectivity index (χ0n) is 5.14. The van der Waals surface area contributed by atoms with Crippen molar-refractivity contribution in [2.45, 2.75) is 13.0 Å². The van der Waals surface area contributed by atoms with Gasteiger partial charge in [0.05, 0.1) is 0 Å². The van der Waals surface area contributed by atoms with Crippen molar-refractivity contribution in [3.05, 3.63) is 0 Å². The van der Waals surface area contributed by atoms with Gasteiger partial charge in [0, 0.05) is 7.11 Å². The molecule has 2 nitrogen and oxygen atoms in total. The minimum atomic E-state index is -0.537. The van der Waals surface area contributed by atoms with E-state index in [-0.39, 0.29) is 0 Å². The van der Waals surface area contributed by atoms with Gasteiger partial charge in [-0.2, -0.15) is 0 Å². The van der Waals surface area contributed by atoms with E-state index < -0.39 is 6.10 Å². The van der Waals surface area contributed by atoms with E-state index in [0.717, 1.165) is 0 Å². The van der Waals surface area contributed by atoms with Crippen molar-refractivity contribution in [3.63, 3.8) is 0 Å². The Balaban J connectivity index is 3.20. The lowest BCUT2D eigenvalue weighted by atomic mass is 10.4. The monoisotopic (exact) mass is 114 g/mol. The minimum Gasteiger partial charge on any atom is -0.381 e. The molecule has 0 amide bonds. The maximum Gasteiger partial charge on any atom is 0.112 e. The molecule has 0 bridgehead atoms. The molecule has 0 aliphatic heterocycles. The number of aliphatic hydroxyl groups is 1. The van der Waals surface area contributed by atoms with Crippen LogP contribution in [0.5, 0.6) is 0 Å². The van der Waals surface area contributed by atoms with Crippen LogP contribution in [0.3, 0.4) is 0 Å². The van der Waals surface area contributed by atoms with Gasteiger partial charge in [-0.05, 0) is 6.92 Å². The molecule has 0 radical (unpaired) electrons. The Bertz CT molecular complexity index is 96.8. The normalized spacial score (nSPS) is 11.9. The molecule has 0 heterocycles. The van der Waals surface area contributed by atoms with Crippen molar-refractivity contribution in [1.29, 1.82) is 0 Å². The van der Waals surface area contributed by atoms with Crippen molar-refractivity contribution >= 4 is 0 Å². The molecule has 0 saturated heterocycles. The molecular formula is C6H10O2. The highest BCUT2D eigenvalue weighted by Crippen LogP contribution is 1.71. The second-order valence-corrected chi connectivity index (χ2v) is 1.43. The van der Waals surface area contributed by atoms with Crippen molar-refractivity contribution in [2.24, 2.45) is 0 Å². The van der Waals surface area contributed by atoms with Crippen LogP contribution < -0.4 is 0 Å². The summed E-state index contributed by atoms with van der Waals surface area (Å²) in [5.41, 5.74) is 0. The molecule has 0 spiro atoms. The lowest BCUT2D eigenvalue weighted by Crippen LogP contribution is -1.93. The van der Waals surface area contributed by atoms with Gasteiger partial charge >= 0.3 is 0 Å². The SMILES string of the molecule is COCC#CC(C)O. The molecule has 0 aromatic heterocycles. The Kier molecular flexibility index (Phi) is 4.33. The second kappa shape index (κ2) is 4.63. The van der Waals surface area contributed by atoms with Crippen LogP contribution in [0, 0.1) is 11.8 Å². The van der Waals surface area contributed by atoms with Crippen LogP contribution in [-0.4, -0.2) is 24.9 Å². The largest absolute Gasteiger partial charge is 0.381 e. The Morgan fingerprint density at radius 3 is 2.75 bits per heavy atom. The molecule has 8 heavy (non-hydrogen) atoms. The van der Waals surface area contributed by atoms with Crippen LogP contribution in [-0.2, 0) is 4.74 Å². The smallest absolute Gasteiger partial charge is 0.112 e. The molecule has 1 atom stereocenters. The molecule has 0 saturated carbocycles. The van der Waals surface area contributed by atoms with Crippen LogP contribution in [0.4, 0.5) is 0 Å². The minimum absolute atomic E-state index is 0.394. The van der Waals surface area contributed by atoms with E-state index in [9.17, 15) is 0 Å². The maximum absolute atomic E-state index is 8.55. The topological polar surface area (TPSA) is 29.5 Å². The first kappa shape index (κ1) is 7.48. The van der Waals surface area contributed by atoms with Crippen molar-refractivity contribution in [1.82, 2.24) is 0 Å². The highest BCUT2D eigenvalue weighted by atomic mass is 16.5. The molecule has 0 aliphatic carbocycles. The number of rotatable bonds is 1. The second-order valence-electron chi connectivity index (χ2n) is 1.43. The summed E-state index contributed by atoms with van der Waals surface area (Å²) in [6.07, 6.45) is -0.537. The summed E-state index contributed by atoms with van der Waals surface area (Å²) in [6.45, 7) is 2.01. The first-order valence-corrected chi connectivity index (χ1v) is 2.42. The number of hydrogen-bond donors (Lipinski definition) is 1. The predicted molar refractivity (Wildman–Crippen MR) is 31.3 cm³/mol. The van der Waals surface area contributed by atoms with Gasteiger partial charge in [-0.15, -0.1) is 0 Å².